The van der Waals surface area contributed by atoms with Gasteiger partial charge in [-0.3, -0.25) is 4.90 Å². The van der Waals surface area contributed by atoms with Crippen LogP contribution < -0.4 is 14.8 Å². The molecule has 1 saturated heterocycles. The molecule has 0 aliphatic carbocycles. The van der Waals surface area contributed by atoms with Gasteiger partial charge in [-0.15, -0.1) is 5.10 Å². The minimum atomic E-state index is -0.454. The smallest absolute Gasteiger partial charge is 0.226 e. The molecule has 41 heavy (non-hydrogen) atoms. The third-order valence-corrected chi connectivity index (χ3v) is 7.72. The van der Waals surface area contributed by atoms with Crippen LogP contribution >= 0.6 is 0 Å². The van der Waals surface area contributed by atoms with Crippen molar-refractivity contribution in [3.05, 3.63) is 89.8 Å². The average molecular weight is 550 g/mol. The SMILES string of the molecule is COc1ccc(CNc2ncc(CN3CCC(C#N)(c4ccccc4)CC3)c3nc(-c4ccco4)nn23)cc1OC. The van der Waals surface area contributed by atoms with E-state index in [0.717, 1.165) is 42.6 Å². The number of likely N-dealkylation sites (tertiary alicyclic amines) is 1. The Hall–Kier alpha value is -4.88. The maximum Gasteiger partial charge on any atom is 0.226 e. The highest BCUT2D eigenvalue weighted by atomic mass is 16.5. The molecule has 1 fully saturated rings. The van der Waals surface area contributed by atoms with Gasteiger partial charge in [0.25, 0.3) is 0 Å². The largest absolute Gasteiger partial charge is 0.493 e. The standard InChI is InChI=1S/C31H31N7O3/c1-39-25-11-10-22(17-27(25)40-2)18-33-30-34-19-23(29-35-28(36-38(29)30)26-9-6-16-41-26)20-37-14-12-31(21-32,13-15-37)24-7-4-3-5-8-24/h3-11,16-17,19H,12-15,18,20H2,1-2H3,(H,33,34). The Bertz CT molecular complexity index is 1670. The van der Waals surface area contributed by atoms with Gasteiger partial charge < -0.3 is 19.2 Å². The number of anilines is 1. The van der Waals surface area contributed by atoms with E-state index in [1.54, 1.807) is 25.0 Å². The van der Waals surface area contributed by atoms with Gasteiger partial charge >= 0.3 is 0 Å². The maximum absolute atomic E-state index is 10.1. The van der Waals surface area contributed by atoms with Crippen LogP contribution in [0.3, 0.4) is 0 Å². The van der Waals surface area contributed by atoms with Crippen LogP contribution in [0.25, 0.3) is 17.2 Å². The molecule has 0 saturated carbocycles. The Kier molecular flexibility index (Phi) is 7.27. The lowest BCUT2D eigenvalue weighted by atomic mass is 9.74. The van der Waals surface area contributed by atoms with Crippen molar-refractivity contribution < 1.29 is 13.9 Å². The molecular formula is C31H31N7O3. The molecule has 0 radical (unpaired) electrons. The first-order valence-corrected chi connectivity index (χ1v) is 13.5. The number of ether oxygens (including phenoxy) is 2. The molecule has 1 N–H and O–H groups in total. The zero-order chi connectivity index (χ0) is 28.2. The minimum Gasteiger partial charge on any atom is -0.493 e. The molecule has 0 amide bonds. The number of nitrogens with one attached hydrogen (secondary N) is 1. The van der Waals surface area contributed by atoms with E-state index in [-0.39, 0.29) is 0 Å². The van der Waals surface area contributed by atoms with E-state index >= 15 is 0 Å². The summed E-state index contributed by atoms with van der Waals surface area (Å²) in [7, 11) is 3.24. The second kappa shape index (κ2) is 11.3. The fraction of sp³-hybridized carbons (Fsp3) is 0.290. The van der Waals surface area contributed by atoms with Crippen molar-refractivity contribution in [2.45, 2.75) is 31.3 Å². The van der Waals surface area contributed by atoms with E-state index in [4.69, 9.17) is 29.0 Å². The van der Waals surface area contributed by atoms with E-state index in [1.807, 2.05) is 54.7 Å². The lowest BCUT2D eigenvalue weighted by Crippen LogP contribution is -2.41. The Labute approximate surface area is 238 Å². The lowest BCUT2D eigenvalue weighted by molar-refractivity contribution is 0.179. The van der Waals surface area contributed by atoms with Crippen molar-refractivity contribution in [2.75, 3.05) is 32.6 Å². The minimum absolute atomic E-state index is 0.454. The van der Waals surface area contributed by atoms with Gasteiger partial charge in [0.15, 0.2) is 22.9 Å². The summed E-state index contributed by atoms with van der Waals surface area (Å²) in [6.45, 7) is 2.75. The molecule has 4 heterocycles. The van der Waals surface area contributed by atoms with Crippen molar-refractivity contribution >= 4 is 11.6 Å². The molecular weight excluding hydrogens is 518 g/mol. The highest BCUT2D eigenvalue weighted by molar-refractivity contribution is 5.58. The molecule has 0 atom stereocenters. The molecule has 3 aromatic heterocycles. The molecule has 1 aliphatic heterocycles. The monoisotopic (exact) mass is 549 g/mol. The Morgan fingerprint density at radius 2 is 1.83 bits per heavy atom. The first-order chi connectivity index (χ1) is 20.1. The third-order valence-electron chi connectivity index (χ3n) is 7.72. The fourth-order valence-corrected chi connectivity index (χ4v) is 5.39. The van der Waals surface area contributed by atoms with Crippen molar-refractivity contribution in [1.29, 1.82) is 5.26 Å². The first kappa shape index (κ1) is 26.3. The topological polar surface area (TPSA) is 114 Å². The summed E-state index contributed by atoms with van der Waals surface area (Å²) in [5.74, 6) is 2.98. The number of aromatic nitrogens is 4. The molecule has 0 bridgehead atoms. The number of nitriles is 1. The number of furan rings is 1. The normalized spacial score (nSPS) is 15.0. The molecule has 10 nitrogen and oxygen atoms in total. The van der Waals surface area contributed by atoms with Crippen LogP contribution in [0.5, 0.6) is 11.5 Å². The van der Waals surface area contributed by atoms with E-state index < -0.39 is 5.41 Å². The molecule has 1 aliphatic rings. The Morgan fingerprint density at radius 3 is 2.54 bits per heavy atom. The number of rotatable bonds is 9. The van der Waals surface area contributed by atoms with Crippen molar-refractivity contribution in [2.24, 2.45) is 0 Å². The number of benzene rings is 2. The number of fused-ring (bicyclic) bond motifs is 1. The second-order valence-corrected chi connectivity index (χ2v) is 10.1. The maximum atomic E-state index is 10.1. The van der Waals surface area contributed by atoms with E-state index in [9.17, 15) is 5.26 Å². The molecule has 2 aromatic carbocycles. The van der Waals surface area contributed by atoms with Crippen LogP contribution in [-0.2, 0) is 18.5 Å². The lowest BCUT2D eigenvalue weighted by Gasteiger charge is -2.37. The first-order valence-electron chi connectivity index (χ1n) is 13.5. The van der Waals surface area contributed by atoms with Gasteiger partial charge in [0, 0.05) is 37.9 Å². The predicted molar refractivity (Wildman–Crippen MR) is 154 cm³/mol. The summed E-state index contributed by atoms with van der Waals surface area (Å²) in [6.07, 6.45) is 5.01. The van der Waals surface area contributed by atoms with E-state index in [2.05, 4.69) is 28.4 Å². The summed E-state index contributed by atoms with van der Waals surface area (Å²) >= 11 is 0. The van der Waals surface area contributed by atoms with Crippen molar-refractivity contribution in [1.82, 2.24) is 24.5 Å². The number of nitrogens with zero attached hydrogens (tertiary/aromatic N) is 6. The predicted octanol–water partition coefficient (Wildman–Crippen LogP) is 5.07. The van der Waals surface area contributed by atoms with Gasteiger partial charge in [-0.1, -0.05) is 36.4 Å². The second-order valence-electron chi connectivity index (χ2n) is 10.1. The van der Waals surface area contributed by atoms with Crippen molar-refractivity contribution in [3.8, 4) is 29.2 Å². The van der Waals surface area contributed by atoms with Crippen LogP contribution in [0.1, 0.15) is 29.5 Å². The Morgan fingerprint density at radius 1 is 1.02 bits per heavy atom. The zero-order valence-electron chi connectivity index (χ0n) is 23.1. The molecule has 208 valence electrons. The van der Waals surface area contributed by atoms with Gasteiger partial charge in [0.05, 0.1) is 32.0 Å². The van der Waals surface area contributed by atoms with E-state index in [0.29, 0.717) is 47.8 Å². The summed E-state index contributed by atoms with van der Waals surface area (Å²) < 4.78 is 18.1. The van der Waals surface area contributed by atoms with Gasteiger partial charge in [-0.05, 0) is 48.2 Å². The number of hydrogen-bond donors (Lipinski definition) is 1. The Balaban J connectivity index is 1.25. The zero-order valence-corrected chi connectivity index (χ0v) is 23.1. The summed E-state index contributed by atoms with van der Waals surface area (Å²) in [6, 6.07) is 22.2. The summed E-state index contributed by atoms with van der Waals surface area (Å²) in [5.41, 5.74) is 3.31. The van der Waals surface area contributed by atoms with Gasteiger partial charge in [-0.2, -0.15) is 9.78 Å². The highest BCUT2D eigenvalue weighted by Gasteiger charge is 2.36. The molecule has 5 aromatic rings. The summed E-state index contributed by atoms with van der Waals surface area (Å²) in [5, 5.41) is 18.2. The molecule has 0 spiro atoms. The quantitative estimate of drug-likeness (QED) is 0.269. The van der Waals surface area contributed by atoms with Crippen LogP contribution in [0, 0.1) is 11.3 Å². The van der Waals surface area contributed by atoms with Crippen LogP contribution in [0.15, 0.2) is 77.5 Å². The number of hydrogen-bond acceptors (Lipinski definition) is 9. The van der Waals surface area contributed by atoms with Crippen molar-refractivity contribution in [3.63, 3.8) is 0 Å². The fourth-order valence-electron chi connectivity index (χ4n) is 5.39. The molecule has 10 heteroatoms. The summed E-state index contributed by atoms with van der Waals surface area (Å²) in [4.78, 5) is 11.9. The average Bonchev–Trinajstić information content (AvgIpc) is 3.73. The highest BCUT2D eigenvalue weighted by Crippen LogP contribution is 2.35. The van der Waals surface area contributed by atoms with Crippen LogP contribution in [0.2, 0.25) is 0 Å². The number of piperidine rings is 1. The van der Waals surface area contributed by atoms with Gasteiger partial charge in [-0.25, -0.2) is 9.97 Å². The third kappa shape index (κ3) is 5.19. The number of methoxy groups -OCH3 is 2. The van der Waals surface area contributed by atoms with E-state index in [1.165, 1.54) is 0 Å². The van der Waals surface area contributed by atoms with Crippen LogP contribution in [0.4, 0.5) is 5.95 Å². The van der Waals surface area contributed by atoms with Gasteiger partial charge in [0.2, 0.25) is 11.8 Å². The molecule has 6 rings (SSSR count). The van der Waals surface area contributed by atoms with Gasteiger partial charge in [0.1, 0.15) is 0 Å². The van der Waals surface area contributed by atoms with Crippen LogP contribution in [-0.4, -0.2) is 51.8 Å². The molecule has 0 unspecified atom stereocenters.